The molecule has 0 saturated carbocycles. The van der Waals surface area contributed by atoms with Crippen molar-refractivity contribution in [3.8, 4) is 0 Å². The maximum Gasteiger partial charge on any atom is 0.160 e. The van der Waals surface area contributed by atoms with Crippen molar-refractivity contribution in [1.82, 2.24) is 19.5 Å². The number of rotatable bonds is 3. The van der Waals surface area contributed by atoms with Crippen molar-refractivity contribution in [2.24, 2.45) is 0 Å². The molecule has 0 spiro atoms. The van der Waals surface area contributed by atoms with Gasteiger partial charge >= 0.3 is 0 Å². The number of piperidine rings is 1. The normalized spacial score (nSPS) is 20.9. The van der Waals surface area contributed by atoms with E-state index in [1.165, 1.54) is 25.8 Å². The Labute approximate surface area is 124 Å². The largest absolute Gasteiger partial charge is 0.298 e. The summed E-state index contributed by atoms with van der Waals surface area (Å²) in [5.41, 5.74) is 0.872. The van der Waals surface area contributed by atoms with Crippen LogP contribution in [0.3, 0.4) is 0 Å². The fraction of sp³-hybridized carbons (Fsp3) is 0.600. The van der Waals surface area contributed by atoms with E-state index in [0.717, 1.165) is 22.9 Å². The maximum atomic E-state index is 6.08. The van der Waals surface area contributed by atoms with Crippen LogP contribution in [0.15, 0.2) is 18.3 Å². The highest BCUT2D eigenvalue weighted by molar-refractivity contribution is 6.30. The highest BCUT2D eigenvalue weighted by atomic mass is 35.5. The summed E-state index contributed by atoms with van der Waals surface area (Å²) in [6, 6.07) is 4.93. The van der Waals surface area contributed by atoms with E-state index >= 15 is 0 Å². The second-order valence-corrected chi connectivity index (χ2v) is 6.31. The smallest absolute Gasteiger partial charge is 0.160 e. The number of pyridine rings is 1. The van der Waals surface area contributed by atoms with Gasteiger partial charge in [-0.2, -0.15) is 0 Å². The van der Waals surface area contributed by atoms with Crippen molar-refractivity contribution >= 4 is 17.2 Å². The minimum Gasteiger partial charge on any atom is -0.298 e. The standard InChI is InChI=1S/C15H21ClN4/c1-11(2)19-8-4-3-5-13(19)9-15-18-17-14-7-6-12(16)10-20(14)15/h6-7,10-11,13H,3-5,8-9H2,1-2H3. The average Bonchev–Trinajstić information content (AvgIpc) is 2.82. The maximum absolute atomic E-state index is 6.08. The van der Waals surface area contributed by atoms with Crippen LogP contribution in [0.2, 0.25) is 5.02 Å². The van der Waals surface area contributed by atoms with E-state index in [2.05, 4.69) is 28.9 Å². The third-order valence-electron chi connectivity index (χ3n) is 4.19. The zero-order chi connectivity index (χ0) is 14.1. The topological polar surface area (TPSA) is 33.4 Å². The summed E-state index contributed by atoms with van der Waals surface area (Å²) in [4.78, 5) is 2.59. The molecular formula is C15H21ClN4. The molecule has 1 aliphatic rings. The Bertz CT molecular complexity index is 593. The SMILES string of the molecule is CC(C)N1CCCCC1Cc1nnc2ccc(Cl)cn12. The van der Waals surface area contributed by atoms with Crippen LogP contribution in [0, 0.1) is 0 Å². The first kappa shape index (κ1) is 13.8. The molecule has 0 bridgehead atoms. The Kier molecular flexibility index (Phi) is 3.94. The van der Waals surface area contributed by atoms with E-state index in [9.17, 15) is 0 Å². The summed E-state index contributed by atoms with van der Waals surface area (Å²) in [6.07, 6.45) is 6.72. The van der Waals surface area contributed by atoms with Crippen molar-refractivity contribution in [3.05, 3.63) is 29.2 Å². The lowest BCUT2D eigenvalue weighted by molar-refractivity contribution is 0.110. The summed E-state index contributed by atoms with van der Waals surface area (Å²) in [5, 5.41) is 9.31. The summed E-state index contributed by atoms with van der Waals surface area (Å²) < 4.78 is 2.02. The lowest BCUT2D eigenvalue weighted by atomic mass is 9.97. The van der Waals surface area contributed by atoms with Crippen LogP contribution < -0.4 is 0 Å². The summed E-state index contributed by atoms with van der Waals surface area (Å²) in [5.74, 6) is 1.01. The molecule has 1 aliphatic heterocycles. The molecule has 0 radical (unpaired) electrons. The van der Waals surface area contributed by atoms with Gasteiger partial charge in [-0.25, -0.2) is 0 Å². The Balaban J connectivity index is 1.86. The Morgan fingerprint density at radius 1 is 1.30 bits per heavy atom. The summed E-state index contributed by atoms with van der Waals surface area (Å²) in [7, 11) is 0. The molecule has 1 saturated heterocycles. The molecule has 1 fully saturated rings. The zero-order valence-electron chi connectivity index (χ0n) is 12.1. The van der Waals surface area contributed by atoms with Gasteiger partial charge in [0.05, 0.1) is 5.02 Å². The molecule has 4 nitrogen and oxygen atoms in total. The van der Waals surface area contributed by atoms with Crippen molar-refractivity contribution in [3.63, 3.8) is 0 Å². The zero-order valence-corrected chi connectivity index (χ0v) is 12.8. The molecule has 2 aromatic heterocycles. The molecule has 20 heavy (non-hydrogen) atoms. The first-order valence-electron chi connectivity index (χ1n) is 7.40. The second-order valence-electron chi connectivity index (χ2n) is 5.88. The lowest BCUT2D eigenvalue weighted by Crippen LogP contribution is -2.45. The molecular weight excluding hydrogens is 272 g/mol. The Morgan fingerprint density at radius 3 is 2.95 bits per heavy atom. The number of hydrogen-bond acceptors (Lipinski definition) is 3. The summed E-state index contributed by atoms with van der Waals surface area (Å²) >= 11 is 6.08. The minimum atomic E-state index is 0.565. The van der Waals surface area contributed by atoms with Gasteiger partial charge in [-0.3, -0.25) is 9.30 Å². The third-order valence-corrected chi connectivity index (χ3v) is 4.41. The molecule has 108 valence electrons. The second kappa shape index (κ2) is 5.70. The number of hydrogen-bond donors (Lipinski definition) is 0. The Hall–Kier alpha value is -1.13. The van der Waals surface area contributed by atoms with Gasteiger partial charge in [0.25, 0.3) is 0 Å². The minimum absolute atomic E-state index is 0.565. The fourth-order valence-electron chi connectivity index (χ4n) is 3.18. The molecule has 2 aromatic rings. The van der Waals surface area contributed by atoms with E-state index in [0.29, 0.717) is 12.1 Å². The van der Waals surface area contributed by atoms with Crippen LogP contribution in [0.5, 0.6) is 0 Å². The van der Waals surface area contributed by atoms with Gasteiger partial charge in [-0.15, -0.1) is 10.2 Å². The van der Waals surface area contributed by atoms with Crippen molar-refractivity contribution < 1.29 is 0 Å². The van der Waals surface area contributed by atoms with E-state index in [1.54, 1.807) is 0 Å². The molecule has 3 heterocycles. The van der Waals surface area contributed by atoms with Gasteiger partial charge in [0, 0.05) is 24.7 Å². The highest BCUT2D eigenvalue weighted by Crippen LogP contribution is 2.23. The number of likely N-dealkylation sites (tertiary alicyclic amines) is 1. The molecule has 0 amide bonds. The van der Waals surface area contributed by atoms with Crippen molar-refractivity contribution in [2.45, 2.75) is 51.6 Å². The van der Waals surface area contributed by atoms with Crippen LogP contribution in [-0.2, 0) is 6.42 Å². The quantitative estimate of drug-likeness (QED) is 0.871. The first-order valence-corrected chi connectivity index (χ1v) is 7.78. The summed E-state index contributed by atoms with van der Waals surface area (Å²) in [6.45, 7) is 5.74. The molecule has 5 heteroatoms. The van der Waals surface area contributed by atoms with Gasteiger partial charge in [0.2, 0.25) is 0 Å². The van der Waals surface area contributed by atoms with Gasteiger partial charge in [0.1, 0.15) is 5.82 Å². The lowest BCUT2D eigenvalue weighted by Gasteiger charge is -2.38. The molecule has 0 aliphatic carbocycles. The van der Waals surface area contributed by atoms with E-state index in [-0.39, 0.29) is 0 Å². The highest BCUT2D eigenvalue weighted by Gasteiger charge is 2.26. The van der Waals surface area contributed by atoms with Crippen LogP contribution in [0.25, 0.3) is 5.65 Å². The monoisotopic (exact) mass is 292 g/mol. The predicted molar refractivity (Wildman–Crippen MR) is 81.2 cm³/mol. The molecule has 0 N–H and O–H groups in total. The van der Waals surface area contributed by atoms with Gasteiger partial charge < -0.3 is 0 Å². The number of fused-ring (bicyclic) bond motifs is 1. The van der Waals surface area contributed by atoms with Gasteiger partial charge in [-0.05, 0) is 45.4 Å². The predicted octanol–water partition coefficient (Wildman–Crippen LogP) is 3.19. The number of halogens is 1. The van der Waals surface area contributed by atoms with Crippen molar-refractivity contribution in [1.29, 1.82) is 0 Å². The van der Waals surface area contributed by atoms with E-state index in [1.807, 2.05) is 22.7 Å². The third kappa shape index (κ3) is 2.67. The molecule has 0 aromatic carbocycles. The average molecular weight is 293 g/mol. The van der Waals surface area contributed by atoms with Crippen LogP contribution in [0.4, 0.5) is 0 Å². The number of aromatic nitrogens is 3. The van der Waals surface area contributed by atoms with Crippen LogP contribution in [-0.4, -0.2) is 38.1 Å². The van der Waals surface area contributed by atoms with Gasteiger partial charge in [0.15, 0.2) is 5.65 Å². The number of nitrogens with zero attached hydrogens (tertiary/aromatic N) is 4. The molecule has 1 atom stereocenters. The van der Waals surface area contributed by atoms with Crippen LogP contribution in [0.1, 0.15) is 38.9 Å². The Morgan fingerprint density at radius 2 is 2.15 bits per heavy atom. The van der Waals surface area contributed by atoms with Crippen LogP contribution >= 0.6 is 11.6 Å². The van der Waals surface area contributed by atoms with Crippen molar-refractivity contribution in [2.75, 3.05) is 6.54 Å². The first-order chi connectivity index (χ1) is 9.65. The molecule has 1 unspecified atom stereocenters. The molecule has 3 rings (SSSR count). The van der Waals surface area contributed by atoms with Gasteiger partial charge in [-0.1, -0.05) is 18.0 Å². The van der Waals surface area contributed by atoms with E-state index in [4.69, 9.17) is 11.6 Å². The van der Waals surface area contributed by atoms with E-state index < -0.39 is 0 Å². The fourth-order valence-corrected chi connectivity index (χ4v) is 3.34.